The van der Waals surface area contributed by atoms with Crippen LogP contribution in [0.3, 0.4) is 0 Å². The Morgan fingerprint density at radius 3 is 2.55 bits per heavy atom. The fraction of sp³-hybridized carbons (Fsp3) is 0.278. The van der Waals surface area contributed by atoms with Crippen molar-refractivity contribution in [3.8, 4) is 5.75 Å². The monoisotopic (exact) mass is 299 g/mol. The molecule has 0 heterocycles. The van der Waals surface area contributed by atoms with E-state index in [1.165, 1.54) is 0 Å². The van der Waals surface area contributed by atoms with E-state index >= 15 is 0 Å². The molecule has 0 aliphatic rings. The van der Waals surface area contributed by atoms with Crippen molar-refractivity contribution in [2.24, 2.45) is 0 Å². The van der Waals surface area contributed by atoms with Gasteiger partial charge in [0.2, 0.25) is 0 Å². The summed E-state index contributed by atoms with van der Waals surface area (Å²) >= 11 is 0. The molecule has 1 atom stereocenters. The molecule has 0 aromatic heterocycles. The first-order valence-electron chi connectivity index (χ1n) is 7.41. The summed E-state index contributed by atoms with van der Waals surface area (Å²) in [5.74, 6) is -0.0402. The molecular formula is C18H21NO3. The van der Waals surface area contributed by atoms with Gasteiger partial charge in [-0.1, -0.05) is 42.5 Å². The lowest BCUT2D eigenvalue weighted by Gasteiger charge is -2.15. The van der Waals surface area contributed by atoms with Crippen LogP contribution >= 0.6 is 0 Å². The van der Waals surface area contributed by atoms with Gasteiger partial charge in [0.25, 0.3) is 0 Å². The molecule has 0 amide bonds. The van der Waals surface area contributed by atoms with Crippen molar-refractivity contribution in [3.63, 3.8) is 0 Å². The molecular weight excluding hydrogens is 278 g/mol. The van der Waals surface area contributed by atoms with E-state index in [0.29, 0.717) is 19.6 Å². The van der Waals surface area contributed by atoms with E-state index in [0.717, 1.165) is 16.9 Å². The van der Waals surface area contributed by atoms with Gasteiger partial charge in [0.1, 0.15) is 11.8 Å². The minimum atomic E-state index is -0.843. The van der Waals surface area contributed by atoms with E-state index < -0.39 is 12.0 Å². The highest BCUT2D eigenvalue weighted by Gasteiger charge is 2.17. The van der Waals surface area contributed by atoms with Gasteiger partial charge in [0.15, 0.2) is 0 Å². The topological polar surface area (TPSA) is 58.6 Å². The van der Waals surface area contributed by atoms with Crippen LogP contribution in [0.15, 0.2) is 54.6 Å². The maximum absolute atomic E-state index is 11.4. The molecule has 2 rings (SSSR count). The predicted molar refractivity (Wildman–Crippen MR) is 86.0 cm³/mol. The van der Waals surface area contributed by atoms with Crippen molar-refractivity contribution < 1.29 is 14.6 Å². The quantitative estimate of drug-likeness (QED) is 0.787. The molecule has 0 aliphatic heterocycles. The lowest BCUT2D eigenvalue weighted by atomic mass is 10.1. The highest BCUT2D eigenvalue weighted by Crippen LogP contribution is 2.13. The van der Waals surface area contributed by atoms with Gasteiger partial charge < -0.3 is 15.2 Å². The van der Waals surface area contributed by atoms with Crippen LogP contribution in [0.2, 0.25) is 0 Å². The molecule has 4 nitrogen and oxygen atoms in total. The Hall–Kier alpha value is -2.33. The maximum atomic E-state index is 11.4. The van der Waals surface area contributed by atoms with Crippen molar-refractivity contribution >= 4 is 5.97 Å². The predicted octanol–water partition coefficient (Wildman–Crippen LogP) is 2.87. The zero-order chi connectivity index (χ0) is 15.8. The first kappa shape index (κ1) is 16.0. The second kappa shape index (κ2) is 8.20. The fourth-order valence-electron chi connectivity index (χ4n) is 2.25. The highest BCUT2D eigenvalue weighted by atomic mass is 16.5. The Labute approximate surface area is 130 Å². The minimum Gasteiger partial charge on any atom is -0.494 e. The third-order valence-corrected chi connectivity index (χ3v) is 3.34. The normalized spacial score (nSPS) is 11.9. The summed E-state index contributed by atoms with van der Waals surface area (Å²) < 4.78 is 5.45. The summed E-state index contributed by atoms with van der Waals surface area (Å²) in [4.78, 5) is 11.4. The molecule has 0 spiro atoms. The van der Waals surface area contributed by atoms with Crippen LogP contribution in [0, 0.1) is 0 Å². The van der Waals surface area contributed by atoms with E-state index in [9.17, 15) is 9.90 Å². The van der Waals surface area contributed by atoms with Crippen LogP contribution < -0.4 is 10.1 Å². The number of rotatable bonds is 8. The third kappa shape index (κ3) is 4.90. The molecule has 0 bridgehead atoms. The molecule has 0 aliphatic carbocycles. The lowest BCUT2D eigenvalue weighted by Crippen LogP contribution is -2.38. The summed E-state index contributed by atoms with van der Waals surface area (Å²) in [6.45, 7) is 3.04. The SMILES string of the molecule is CCOc1cccc(CN[C@@H](Cc2ccccc2)C(=O)O)c1. The average molecular weight is 299 g/mol. The summed E-state index contributed by atoms with van der Waals surface area (Å²) in [5, 5.41) is 12.5. The summed E-state index contributed by atoms with van der Waals surface area (Å²) in [6.07, 6.45) is 0.460. The number of hydrogen-bond donors (Lipinski definition) is 2. The van der Waals surface area contributed by atoms with Crippen molar-refractivity contribution in [2.75, 3.05) is 6.61 Å². The van der Waals surface area contributed by atoms with Crippen LogP contribution in [0.1, 0.15) is 18.1 Å². The molecule has 4 heteroatoms. The van der Waals surface area contributed by atoms with Gasteiger partial charge in [-0.25, -0.2) is 0 Å². The summed E-state index contributed by atoms with van der Waals surface area (Å²) in [6, 6.07) is 16.7. The van der Waals surface area contributed by atoms with Crippen LogP contribution in [0.4, 0.5) is 0 Å². The lowest BCUT2D eigenvalue weighted by molar-refractivity contribution is -0.139. The summed E-state index contributed by atoms with van der Waals surface area (Å²) in [7, 11) is 0. The first-order valence-corrected chi connectivity index (χ1v) is 7.41. The number of carboxylic acids is 1. The van der Waals surface area contributed by atoms with E-state index in [4.69, 9.17) is 4.74 Å². The molecule has 2 aromatic rings. The van der Waals surface area contributed by atoms with Crippen molar-refractivity contribution in [1.82, 2.24) is 5.32 Å². The summed E-state index contributed by atoms with van der Waals surface area (Å²) in [5.41, 5.74) is 2.01. The molecule has 2 N–H and O–H groups in total. The Bertz CT molecular complexity index is 598. The van der Waals surface area contributed by atoms with Crippen molar-refractivity contribution in [2.45, 2.75) is 25.9 Å². The van der Waals surface area contributed by atoms with Crippen LogP contribution in [-0.2, 0) is 17.8 Å². The molecule has 0 saturated carbocycles. The van der Waals surface area contributed by atoms with Gasteiger partial charge >= 0.3 is 5.97 Å². The van der Waals surface area contributed by atoms with Crippen LogP contribution in [0.5, 0.6) is 5.75 Å². The van der Waals surface area contributed by atoms with Gasteiger partial charge in [0, 0.05) is 6.54 Å². The molecule has 0 unspecified atom stereocenters. The Morgan fingerprint density at radius 1 is 1.14 bits per heavy atom. The average Bonchev–Trinajstić information content (AvgIpc) is 2.53. The zero-order valence-electron chi connectivity index (χ0n) is 12.7. The number of benzene rings is 2. The van der Waals surface area contributed by atoms with E-state index in [1.54, 1.807) is 0 Å². The number of nitrogens with one attached hydrogen (secondary N) is 1. The zero-order valence-corrected chi connectivity index (χ0v) is 12.7. The smallest absolute Gasteiger partial charge is 0.321 e. The number of aliphatic carboxylic acids is 1. The Balaban J connectivity index is 1.97. The van der Waals surface area contributed by atoms with Gasteiger partial charge in [-0.15, -0.1) is 0 Å². The van der Waals surface area contributed by atoms with E-state index in [-0.39, 0.29) is 0 Å². The molecule has 0 saturated heterocycles. The van der Waals surface area contributed by atoms with E-state index in [1.807, 2.05) is 61.5 Å². The Kier molecular flexibility index (Phi) is 5.98. The second-order valence-corrected chi connectivity index (χ2v) is 5.04. The minimum absolute atomic E-state index is 0.460. The maximum Gasteiger partial charge on any atom is 0.321 e. The third-order valence-electron chi connectivity index (χ3n) is 3.34. The fourth-order valence-corrected chi connectivity index (χ4v) is 2.25. The van der Waals surface area contributed by atoms with Crippen molar-refractivity contribution in [1.29, 1.82) is 0 Å². The second-order valence-electron chi connectivity index (χ2n) is 5.04. The number of ether oxygens (including phenoxy) is 1. The number of carbonyl (C=O) groups is 1. The molecule has 22 heavy (non-hydrogen) atoms. The molecule has 116 valence electrons. The van der Waals surface area contributed by atoms with Gasteiger partial charge in [-0.2, -0.15) is 0 Å². The molecule has 0 radical (unpaired) electrons. The van der Waals surface area contributed by atoms with Crippen molar-refractivity contribution in [3.05, 3.63) is 65.7 Å². The highest BCUT2D eigenvalue weighted by molar-refractivity contribution is 5.73. The Morgan fingerprint density at radius 2 is 1.86 bits per heavy atom. The number of hydrogen-bond acceptors (Lipinski definition) is 3. The van der Waals surface area contributed by atoms with Gasteiger partial charge in [-0.3, -0.25) is 4.79 Å². The first-order chi connectivity index (χ1) is 10.7. The molecule has 2 aromatic carbocycles. The van der Waals surface area contributed by atoms with E-state index in [2.05, 4.69) is 5.32 Å². The van der Waals surface area contributed by atoms with Gasteiger partial charge in [0.05, 0.1) is 6.61 Å². The largest absolute Gasteiger partial charge is 0.494 e. The molecule has 0 fully saturated rings. The standard InChI is InChI=1S/C18H21NO3/c1-2-22-16-10-6-9-15(11-16)13-19-17(18(20)21)12-14-7-4-3-5-8-14/h3-11,17,19H,2,12-13H2,1H3,(H,20,21)/t17-/m0/s1. The van der Waals surface area contributed by atoms with Crippen LogP contribution in [-0.4, -0.2) is 23.7 Å². The number of carboxylic acid groups (broad SMARTS) is 1. The van der Waals surface area contributed by atoms with Gasteiger partial charge in [-0.05, 0) is 36.6 Å². The van der Waals surface area contributed by atoms with Crippen LogP contribution in [0.25, 0.3) is 0 Å².